The Hall–Kier alpha value is -0.870. The van der Waals surface area contributed by atoms with Gasteiger partial charge in [-0.2, -0.15) is 0 Å². The molecule has 0 saturated heterocycles. The van der Waals surface area contributed by atoms with Crippen LogP contribution in [-0.4, -0.2) is 19.7 Å². The Kier molecular flexibility index (Phi) is 5.35. The Morgan fingerprint density at radius 2 is 1.94 bits per heavy atom. The Morgan fingerprint density at radius 1 is 1.28 bits per heavy atom. The van der Waals surface area contributed by atoms with Crippen LogP contribution in [0.3, 0.4) is 0 Å². The largest absolute Gasteiger partial charge is 0.327 e. The van der Waals surface area contributed by atoms with Crippen molar-refractivity contribution in [1.82, 2.24) is 0 Å². The van der Waals surface area contributed by atoms with Gasteiger partial charge in [-0.05, 0) is 37.5 Å². The second-order valence-corrected chi connectivity index (χ2v) is 6.93. The molecule has 4 heteroatoms. The molecule has 2 unspecified atom stereocenters. The van der Waals surface area contributed by atoms with Gasteiger partial charge in [0.15, 0.2) is 9.84 Å². The first kappa shape index (κ1) is 15.2. The molecule has 0 saturated carbocycles. The topological polar surface area (TPSA) is 60.2 Å². The molecule has 0 bridgehead atoms. The molecular weight excluding hydrogens is 246 g/mol. The molecule has 18 heavy (non-hydrogen) atoms. The average Bonchev–Trinajstić information content (AvgIpc) is 2.30. The Bertz CT molecular complexity index is 482. The minimum atomic E-state index is -3.32. The molecule has 0 aliphatic carbocycles. The van der Waals surface area contributed by atoms with Gasteiger partial charge >= 0.3 is 0 Å². The van der Waals surface area contributed by atoms with Gasteiger partial charge in [0.1, 0.15) is 0 Å². The molecule has 1 rings (SSSR count). The van der Waals surface area contributed by atoms with E-state index in [1.165, 1.54) is 0 Å². The van der Waals surface area contributed by atoms with Crippen molar-refractivity contribution in [1.29, 1.82) is 0 Å². The van der Waals surface area contributed by atoms with E-state index in [0.717, 1.165) is 18.4 Å². The molecule has 1 aromatic rings. The lowest BCUT2D eigenvalue weighted by atomic mass is 10.1. The van der Waals surface area contributed by atoms with E-state index < -0.39 is 15.1 Å². The van der Waals surface area contributed by atoms with E-state index >= 15 is 0 Å². The second kappa shape index (κ2) is 6.34. The quantitative estimate of drug-likeness (QED) is 0.863. The minimum absolute atomic E-state index is 0.287. The van der Waals surface area contributed by atoms with Crippen molar-refractivity contribution in [2.75, 3.05) is 0 Å². The summed E-state index contributed by atoms with van der Waals surface area (Å²) in [6.07, 6.45) is 2.20. The number of aryl methyl sites for hydroxylation is 1. The van der Waals surface area contributed by atoms with Gasteiger partial charge in [0.25, 0.3) is 0 Å². The third-order valence-electron chi connectivity index (χ3n) is 3.22. The van der Waals surface area contributed by atoms with E-state index in [0.29, 0.717) is 11.3 Å². The average molecular weight is 269 g/mol. The molecule has 0 amide bonds. The summed E-state index contributed by atoms with van der Waals surface area (Å²) in [6.45, 7) is 5.80. The number of rotatable bonds is 6. The molecule has 102 valence electrons. The maximum Gasteiger partial charge on any atom is 0.182 e. The van der Waals surface area contributed by atoms with Gasteiger partial charge < -0.3 is 5.73 Å². The molecule has 3 nitrogen and oxygen atoms in total. The van der Waals surface area contributed by atoms with Crippen molar-refractivity contribution in [3.8, 4) is 0 Å². The van der Waals surface area contributed by atoms with E-state index in [-0.39, 0.29) is 6.04 Å². The number of benzene rings is 1. The van der Waals surface area contributed by atoms with Crippen LogP contribution in [-0.2, 0) is 9.84 Å². The molecule has 0 aromatic heterocycles. The Morgan fingerprint density at radius 3 is 2.44 bits per heavy atom. The summed E-state index contributed by atoms with van der Waals surface area (Å²) in [4.78, 5) is 0.390. The standard InChI is InChI=1S/C14H23NO2S/c1-4-7-13(15)14(5-2)18(16,17)12-9-6-8-11(3)10-12/h6,8-10,13-14H,4-5,7,15H2,1-3H3. The van der Waals surface area contributed by atoms with Crippen LogP contribution in [0.15, 0.2) is 29.2 Å². The van der Waals surface area contributed by atoms with Gasteiger partial charge in [-0.15, -0.1) is 0 Å². The second-order valence-electron chi connectivity index (χ2n) is 4.76. The smallest absolute Gasteiger partial charge is 0.182 e. The van der Waals surface area contributed by atoms with Gasteiger partial charge in [0.2, 0.25) is 0 Å². The van der Waals surface area contributed by atoms with Crippen molar-refractivity contribution in [3.05, 3.63) is 29.8 Å². The highest BCUT2D eigenvalue weighted by Gasteiger charge is 2.30. The zero-order valence-corrected chi connectivity index (χ0v) is 12.2. The predicted molar refractivity (Wildman–Crippen MR) is 75.3 cm³/mol. The van der Waals surface area contributed by atoms with Crippen LogP contribution >= 0.6 is 0 Å². The Balaban J connectivity index is 3.11. The SMILES string of the molecule is CCCC(N)C(CC)S(=O)(=O)c1cccc(C)c1. The summed E-state index contributed by atoms with van der Waals surface area (Å²) in [5.41, 5.74) is 6.98. The first-order chi connectivity index (χ1) is 8.43. The number of nitrogens with two attached hydrogens (primary N) is 1. The van der Waals surface area contributed by atoms with Gasteiger partial charge in [0, 0.05) is 6.04 Å². The molecular formula is C14H23NO2S. The fourth-order valence-corrected chi connectivity index (χ4v) is 4.24. The van der Waals surface area contributed by atoms with E-state index in [9.17, 15) is 8.42 Å². The molecule has 0 aliphatic rings. The molecule has 0 fully saturated rings. The van der Waals surface area contributed by atoms with E-state index in [2.05, 4.69) is 0 Å². The molecule has 0 aliphatic heterocycles. The van der Waals surface area contributed by atoms with Gasteiger partial charge in [0.05, 0.1) is 10.1 Å². The van der Waals surface area contributed by atoms with Crippen LogP contribution in [0.25, 0.3) is 0 Å². The van der Waals surface area contributed by atoms with Gasteiger partial charge in [-0.25, -0.2) is 8.42 Å². The maximum atomic E-state index is 12.6. The summed E-state index contributed by atoms with van der Waals surface area (Å²) in [5, 5.41) is -0.487. The fourth-order valence-electron chi connectivity index (χ4n) is 2.24. The van der Waals surface area contributed by atoms with Crippen molar-refractivity contribution in [2.24, 2.45) is 5.73 Å². The maximum absolute atomic E-state index is 12.6. The van der Waals surface area contributed by atoms with Crippen molar-refractivity contribution >= 4 is 9.84 Å². The highest BCUT2D eigenvalue weighted by Crippen LogP contribution is 2.22. The third-order valence-corrected chi connectivity index (χ3v) is 5.61. The number of hydrogen-bond acceptors (Lipinski definition) is 3. The Labute approximate surface area is 110 Å². The fraction of sp³-hybridized carbons (Fsp3) is 0.571. The predicted octanol–water partition coefficient (Wildman–Crippen LogP) is 2.67. The lowest BCUT2D eigenvalue weighted by Gasteiger charge is -2.22. The van der Waals surface area contributed by atoms with Crippen molar-refractivity contribution in [3.63, 3.8) is 0 Å². The van der Waals surface area contributed by atoms with Crippen LogP contribution in [0.4, 0.5) is 0 Å². The zero-order valence-electron chi connectivity index (χ0n) is 11.4. The lowest BCUT2D eigenvalue weighted by Crippen LogP contribution is -2.40. The molecule has 0 heterocycles. The monoisotopic (exact) mass is 269 g/mol. The first-order valence-electron chi connectivity index (χ1n) is 6.49. The van der Waals surface area contributed by atoms with Crippen LogP contribution < -0.4 is 5.73 Å². The summed E-state index contributed by atoms with van der Waals surface area (Å²) >= 11 is 0. The minimum Gasteiger partial charge on any atom is -0.327 e. The third kappa shape index (κ3) is 3.33. The molecule has 2 N–H and O–H groups in total. The van der Waals surface area contributed by atoms with E-state index in [1.807, 2.05) is 26.8 Å². The van der Waals surface area contributed by atoms with Crippen LogP contribution in [0.2, 0.25) is 0 Å². The van der Waals surface area contributed by atoms with E-state index in [1.54, 1.807) is 18.2 Å². The number of hydrogen-bond donors (Lipinski definition) is 1. The molecule has 1 aromatic carbocycles. The molecule has 2 atom stereocenters. The van der Waals surface area contributed by atoms with Gasteiger partial charge in [-0.3, -0.25) is 0 Å². The molecule has 0 radical (unpaired) electrons. The summed E-state index contributed by atoms with van der Waals surface area (Å²) in [5.74, 6) is 0. The van der Waals surface area contributed by atoms with Crippen molar-refractivity contribution < 1.29 is 8.42 Å². The highest BCUT2D eigenvalue weighted by molar-refractivity contribution is 7.92. The van der Waals surface area contributed by atoms with Crippen LogP contribution in [0.5, 0.6) is 0 Å². The lowest BCUT2D eigenvalue weighted by molar-refractivity contribution is 0.516. The first-order valence-corrected chi connectivity index (χ1v) is 8.04. The van der Waals surface area contributed by atoms with Gasteiger partial charge in [-0.1, -0.05) is 32.4 Å². The number of sulfone groups is 1. The molecule has 0 spiro atoms. The van der Waals surface area contributed by atoms with Crippen LogP contribution in [0, 0.1) is 6.92 Å². The van der Waals surface area contributed by atoms with Crippen molar-refractivity contribution in [2.45, 2.75) is 56.2 Å². The highest BCUT2D eigenvalue weighted by atomic mass is 32.2. The summed E-state index contributed by atoms with van der Waals surface area (Å²) < 4.78 is 25.1. The normalized spacial score (nSPS) is 15.3. The summed E-state index contributed by atoms with van der Waals surface area (Å²) in [7, 11) is -3.32. The van der Waals surface area contributed by atoms with E-state index in [4.69, 9.17) is 5.73 Å². The summed E-state index contributed by atoms with van der Waals surface area (Å²) in [6, 6.07) is 6.76. The zero-order chi connectivity index (χ0) is 13.8. The van der Waals surface area contributed by atoms with Crippen LogP contribution in [0.1, 0.15) is 38.7 Å².